The van der Waals surface area contributed by atoms with Crippen molar-refractivity contribution in [3.05, 3.63) is 46.9 Å². The number of H-pyrrole nitrogens is 1. The fourth-order valence-corrected chi connectivity index (χ4v) is 4.48. The lowest BCUT2D eigenvalue weighted by Gasteiger charge is -2.32. The van der Waals surface area contributed by atoms with Crippen LogP contribution >= 0.6 is 11.8 Å². The molecule has 1 atom stereocenters. The monoisotopic (exact) mass is 422 g/mol. The molecule has 3 aromatic rings. The molecule has 1 saturated carbocycles. The van der Waals surface area contributed by atoms with Crippen molar-refractivity contribution in [2.24, 2.45) is 0 Å². The van der Waals surface area contributed by atoms with Crippen LogP contribution in [0.4, 0.5) is 0 Å². The van der Waals surface area contributed by atoms with Crippen LogP contribution in [0.2, 0.25) is 0 Å². The molecule has 1 aromatic carbocycles. The molecule has 2 aromatic heterocycles. The Morgan fingerprint density at radius 3 is 2.73 bits per heavy atom. The number of carbonyl (C=O) groups excluding carboxylic acids is 1. The molecule has 154 valence electrons. The van der Waals surface area contributed by atoms with Crippen LogP contribution in [0.25, 0.3) is 16.7 Å². The Labute approximate surface area is 177 Å². The number of rotatable bonds is 5. The molecule has 8 nitrogen and oxygen atoms in total. The van der Waals surface area contributed by atoms with E-state index in [1.54, 1.807) is 11.6 Å². The largest absolute Gasteiger partial charge is 0.337 e. The second kappa shape index (κ2) is 8.32. The zero-order valence-electron chi connectivity index (χ0n) is 16.6. The molecule has 2 N–H and O–H groups in total. The standard InChI is InChI=1S/C21H22N6O2S/c1-14(18(28)26-21(13-22)10-6-3-7-11-21)30-20-24-17-16(19(29)25-20)12-23-27(17)15-8-4-2-5-9-15/h2,4-5,8-9,12,14H,3,6-7,10-11H2,1H3,(H,26,28)(H,24,25,29)/t14-/m1/s1. The lowest BCUT2D eigenvalue weighted by atomic mass is 9.83. The van der Waals surface area contributed by atoms with Crippen LogP contribution in [-0.4, -0.2) is 36.4 Å². The second-order valence-corrected chi connectivity index (χ2v) is 8.83. The molecule has 1 aliphatic carbocycles. The Bertz CT molecular complexity index is 1160. The van der Waals surface area contributed by atoms with E-state index in [9.17, 15) is 14.9 Å². The van der Waals surface area contributed by atoms with Gasteiger partial charge in [-0.2, -0.15) is 10.4 Å². The van der Waals surface area contributed by atoms with E-state index < -0.39 is 10.8 Å². The van der Waals surface area contributed by atoms with Crippen LogP contribution in [0.5, 0.6) is 0 Å². The minimum absolute atomic E-state index is 0.234. The Morgan fingerprint density at radius 1 is 1.30 bits per heavy atom. The van der Waals surface area contributed by atoms with Gasteiger partial charge in [-0.15, -0.1) is 0 Å². The number of benzene rings is 1. The van der Waals surface area contributed by atoms with Gasteiger partial charge >= 0.3 is 0 Å². The van der Waals surface area contributed by atoms with E-state index >= 15 is 0 Å². The molecule has 0 bridgehead atoms. The van der Waals surface area contributed by atoms with E-state index in [0.29, 0.717) is 29.0 Å². The van der Waals surface area contributed by atoms with E-state index in [4.69, 9.17) is 0 Å². The van der Waals surface area contributed by atoms with E-state index in [1.807, 2.05) is 30.3 Å². The first-order valence-corrected chi connectivity index (χ1v) is 10.8. The fraction of sp³-hybridized carbons (Fsp3) is 0.381. The van der Waals surface area contributed by atoms with Crippen LogP contribution in [0.1, 0.15) is 39.0 Å². The summed E-state index contributed by atoms with van der Waals surface area (Å²) in [7, 11) is 0. The Balaban J connectivity index is 1.57. The molecule has 0 radical (unpaired) electrons. The topological polar surface area (TPSA) is 116 Å². The smallest absolute Gasteiger partial charge is 0.262 e. The quantitative estimate of drug-likeness (QED) is 0.482. The summed E-state index contributed by atoms with van der Waals surface area (Å²) in [5.74, 6) is -0.234. The maximum atomic E-state index is 12.7. The van der Waals surface area contributed by atoms with Crippen molar-refractivity contribution in [3.63, 3.8) is 0 Å². The highest BCUT2D eigenvalue weighted by Crippen LogP contribution is 2.29. The number of fused-ring (bicyclic) bond motifs is 1. The molecule has 1 fully saturated rings. The van der Waals surface area contributed by atoms with E-state index in [2.05, 4.69) is 26.5 Å². The SMILES string of the molecule is C[C@@H](Sc1nc2c(cnn2-c2ccccc2)c(=O)[nH]1)C(=O)NC1(C#N)CCCCC1. The van der Waals surface area contributed by atoms with Crippen LogP contribution in [0.15, 0.2) is 46.5 Å². The molecular formula is C21H22N6O2S. The second-order valence-electron chi connectivity index (χ2n) is 7.50. The first-order valence-electron chi connectivity index (χ1n) is 9.95. The highest BCUT2D eigenvalue weighted by molar-refractivity contribution is 8.00. The number of hydrogen-bond acceptors (Lipinski definition) is 6. The average Bonchev–Trinajstić information content (AvgIpc) is 3.19. The average molecular weight is 423 g/mol. The number of hydrogen-bond donors (Lipinski definition) is 2. The van der Waals surface area contributed by atoms with Crippen molar-refractivity contribution < 1.29 is 4.79 Å². The number of amides is 1. The van der Waals surface area contributed by atoms with E-state index in [-0.39, 0.29) is 11.5 Å². The molecule has 1 aliphatic rings. The number of aromatic amines is 1. The molecule has 0 spiro atoms. The summed E-state index contributed by atoms with van der Waals surface area (Å²) >= 11 is 1.16. The van der Waals surface area contributed by atoms with Gasteiger partial charge in [-0.1, -0.05) is 49.2 Å². The van der Waals surface area contributed by atoms with Crippen molar-refractivity contribution in [2.45, 2.75) is 55.0 Å². The zero-order valence-corrected chi connectivity index (χ0v) is 17.4. The highest BCUT2D eigenvalue weighted by atomic mass is 32.2. The number of carbonyl (C=O) groups is 1. The summed E-state index contributed by atoms with van der Waals surface area (Å²) in [5.41, 5.74) is 0.125. The van der Waals surface area contributed by atoms with Crippen LogP contribution in [-0.2, 0) is 4.79 Å². The molecule has 1 amide bonds. The molecule has 9 heteroatoms. The summed E-state index contributed by atoms with van der Waals surface area (Å²) in [5, 5.41) is 17.0. The summed E-state index contributed by atoms with van der Waals surface area (Å²) in [6, 6.07) is 11.7. The number of aromatic nitrogens is 4. The minimum atomic E-state index is -0.791. The van der Waals surface area contributed by atoms with Crippen molar-refractivity contribution in [3.8, 4) is 11.8 Å². The maximum Gasteiger partial charge on any atom is 0.262 e. The van der Waals surface area contributed by atoms with Gasteiger partial charge in [0.1, 0.15) is 10.9 Å². The minimum Gasteiger partial charge on any atom is -0.337 e. The number of nitrogens with zero attached hydrogens (tertiary/aromatic N) is 4. The first kappa shape index (κ1) is 20.2. The van der Waals surface area contributed by atoms with Gasteiger partial charge in [-0.3, -0.25) is 9.59 Å². The lowest BCUT2D eigenvalue weighted by Crippen LogP contribution is -2.51. The van der Waals surface area contributed by atoms with Gasteiger partial charge in [0.25, 0.3) is 5.56 Å². The third kappa shape index (κ3) is 3.96. The summed E-state index contributed by atoms with van der Waals surface area (Å²) < 4.78 is 1.60. The van der Waals surface area contributed by atoms with Crippen LogP contribution in [0.3, 0.4) is 0 Å². The molecule has 0 aliphatic heterocycles. The Hall–Kier alpha value is -3.12. The first-order chi connectivity index (χ1) is 14.5. The van der Waals surface area contributed by atoms with Crippen molar-refractivity contribution in [2.75, 3.05) is 0 Å². The number of nitriles is 1. The normalized spacial score (nSPS) is 16.7. The van der Waals surface area contributed by atoms with Crippen molar-refractivity contribution >= 4 is 28.7 Å². The molecule has 2 heterocycles. The molecular weight excluding hydrogens is 400 g/mol. The molecule has 0 saturated heterocycles. The van der Waals surface area contributed by atoms with Crippen molar-refractivity contribution in [1.82, 2.24) is 25.1 Å². The summed E-state index contributed by atoms with van der Waals surface area (Å²) in [4.78, 5) is 32.5. The third-order valence-electron chi connectivity index (χ3n) is 5.36. The highest BCUT2D eigenvalue weighted by Gasteiger charge is 2.35. The van der Waals surface area contributed by atoms with Crippen LogP contribution in [0, 0.1) is 11.3 Å². The molecule has 30 heavy (non-hydrogen) atoms. The van der Waals surface area contributed by atoms with Gasteiger partial charge in [0.2, 0.25) is 5.91 Å². The van der Waals surface area contributed by atoms with E-state index in [0.717, 1.165) is 36.7 Å². The van der Waals surface area contributed by atoms with Gasteiger partial charge < -0.3 is 10.3 Å². The summed E-state index contributed by atoms with van der Waals surface area (Å²) in [6.07, 6.45) is 5.78. The summed E-state index contributed by atoms with van der Waals surface area (Å²) in [6.45, 7) is 1.74. The van der Waals surface area contributed by atoms with E-state index in [1.165, 1.54) is 6.20 Å². The zero-order chi connectivity index (χ0) is 21.1. The lowest BCUT2D eigenvalue weighted by molar-refractivity contribution is -0.121. The fourth-order valence-electron chi connectivity index (χ4n) is 3.69. The van der Waals surface area contributed by atoms with Gasteiger partial charge in [-0.25, -0.2) is 9.67 Å². The Kier molecular flexibility index (Phi) is 5.59. The molecule has 4 rings (SSSR count). The predicted molar refractivity (Wildman–Crippen MR) is 114 cm³/mol. The Morgan fingerprint density at radius 2 is 2.03 bits per heavy atom. The van der Waals surface area contributed by atoms with Gasteiger partial charge in [-0.05, 0) is 31.9 Å². The van der Waals surface area contributed by atoms with Gasteiger partial charge in [0, 0.05) is 0 Å². The van der Waals surface area contributed by atoms with Gasteiger partial charge in [0.15, 0.2) is 10.8 Å². The number of nitrogens with one attached hydrogen (secondary N) is 2. The van der Waals surface area contributed by atoms with Gasteiger partial charge in [0.05, 0.1) is 23.2 Å². The third-order valence-corrected chi connectivity index (χ3v) is 6.34. The predicted octanol–water partition coefficient (Wildman–Crippen LogP) is 2.93. The van der Waals surface area contributed by atoms with Crippen LogP contribution < -0.4 is 10.9 Å². The molecule has 0 unspecified atom stereocenters. The number of thioether (sulfide) groups is 1. The van der Waals surface area contributed by atoms with Crippen molar-refractivity contribution in [1.29, 1.82) is 5.26 Å². The maximum absolute atomic E-state index is 12.7. The number of para-hydroxylation sites is 1.